The summed E-state index contributed by atoms with van der Waals surface area (Å²) in [4.78, 5) is 12.3. The summed E-state index contributed by atoms with van der Waals surface area (Å²) in [5.74, 6) is 0.167. The highest BCUT2D eigenvalue weighted by molar-refractivity contribution is 7.91. The van der Waals surface area contributed by atoms with Crippen LogP contribution in [0.4, 0.5) is 5.13 Å². The number of aryl methyl sites for hydroxylation is 3. The summed E-state index contributed by atoms with van der Waals surface area (Å²) in [6, 6.07) is 14.1. The van der Waals surface area contributed by atoms with Gasteiger partial charge in [0.2, 0.25) is 5.13 Å². The Morgan fingerprint density at radius 2 is 1.62 bits per heavy atom. The first-order valence-electron chi connectivity index (χ1n) is 8.93. The van der Waals surface area contributed by atoms with Crippen LogP contribution in [0.2, 0.25) is 0 Å². The smallest absolute Gasteiger partial charge is 0.264 e. The Morgan fingerprint density at radius 3 is 2.28 bits per heavy atom. The highest BCUT2D eigenvalue weighted by Gasteiger charge is 2.16. The number of hydrogen-bond donors (Lipinski definition) is 1. The lowest BCUT2D eigenvalue weighted by molar-refractivity contribution is -0.118. The number of amides is 1. The van der Waals surface area contributed by atoms with Gasteiger partial charge in [-0.25, -0.2) is 8.42 Å². The van der Waals surface area contributed by atoms with Crippen molar-refractivity contribution in [2.45, 2.75) is 25.2 Å². The van der Waals surface area contributed by atoms with Gasteiger partial charge in [-0.2, -0.15) is 0 Å². The molecule has 0 saturated heterocycles. The van der Waals surface area contributed by atoms with E-state index < -0.39 is 9.84 Å². The van der Waals surface area contributed by atoms with Crippen molar-refractivity contribution < 1.29 is 17.9 Å². The topological polar surface area (TPSA) is 98.2 Å². The molecule has 0 bridgehead atoms. The van der Waals surface area contributed by atoms with Crippen molar-refractivity contribution >= 4 is 32.2 Å². The van der Waals surface area contributed by atoms with Gasteiger partial charge in [0.05, 0.1) is 10.6 Å². The number of ether oxygens (including phenoxy) is 1. The van der Waals surface area contributed by atoms with Gasteiger partial charge in [-0.1, -0.05) is 46.7 Å². The Kier molecular flexibility index (Phi) is 6.60. The zero-order valence-corrected chi connectivity index (χ0v) is 17.7. The summed E-state index contributed by atoms with van der Waals surface area (Å²) in [6.45, 7) is 3.72. The van der Waals surface area contributed by atoms with E-state index in [1.807, 2.05) is 26.0 Å². The third-order valence-corrected chi connectivity index (χ3v) is 6.70. The molecular formula is C20H21N3O4S2. The van der Waals surface area contributed by atoms with Gasteiger partial charge in [0.1, 0.15) is 10.8 Å². The molecule has 0 saturated carbocycles. The molecule has 1 N–H and O–H groups in total. The number of sulfone groups is 1. The summed E-state index contributed by atoms with van der Waals surface area (Å²) in [7, 11) is -3.40. The number of carbonyl (C=O) groups is 1. The van der Waals surface area contributed by atoms with Crippen LogP contribution in [-0.2, 0) is 21.1 Å². The van der Waals surface area contributed by atoms with Gasteiger partial charge >= 0.3 is 0 Å². The largest absolute Gasteiger partial charge is 0.484 e. The lowest BCUT2D eigenvalue weighted by atomic mass is 10.2. The molecule has 0 unspecified atom stereocenters. The van der Waals surface area contributed by atoms with Crippen molar-refractivity contribution in [3.8, 4) is 5.75 Å². The van der Waals surface area contributed by atoms with Gasteiger partial charge in [-0.15, -0.1) is 10.2 Å². The summed E-state index contributed by atoms with van der Waals surface area (Å²) in [6.07, 6.45) is 0.226. The Hall–Kier alpha value is -2.78. The predicted molar refractivity (Wildman–Crippen MR) is 112 cm³/mol. The molecule has 3 rings (SSSR count). The molecule has 2 aromatic carbocycles. The third kappa shape index (κ3) is 6.10. The summed E-state index contributed by atoms with van der Waals surface area (Å²) >= 11 is 1.15. The van der Waals surface area contributed by atoms with Crippen LogP contribution in [0.5, 0.6) is 5.75 Å². The fourth-order valence-electron chi connectivity index (χ4n) is 2.43. The molecule has 0 fully saturated rings. The molecular weight excluding hydrogens is 410 g/mol. The van der Waals surface area contributed by atoms with Crippen LogP contribution < -0.4 is 10.1 Å². The second-order valence-electron chi connectivity index (χ2n) is 6.53. The Balaban J connectivity index is 1.50. The molecule has 3 aromatic rings. The van der Waals surface area contributed by atoms with Crippen LogP contribution in [0.1, 0.15) is 16.1 Å². The molecule has 1 heterocycles. The van der Waals surface area contributed by atoms with E-state index in [1.54, 1.807) is 36.4 Å². The van der Waals surface area contributed by atoms with Crippen molar-refractivity contribution in [1.82, 2.24) is 10.2 Å². The number of anilines is 1. The van der Waals surface area contributed by atoms with E-state index in [9.17, 15) is 13.2 Å². The predicted octanol–water partition coefficient (Wildman–Crippen LogP) is 3.19. The molecule has 0 spiro atoms. The second-order valence-corrected chi connectivity index (χ2v) is 9.70. The van der Waals surface area contributed by atoms with E-state index in [2.05, 4.69) is 15.5 Å². The van der Waals surface area contributed by atoms with Gasteiger partial charge < -0.3 is 4.74 Å². The lowest BCUT2D eigenvalue weighted by Gasteiger charge is -2.05. The van der Waals surface area contributed by atoms with E-state index in [0.717, 1.165) is 22.5 Å². The number of nitrogens with one attached hydrogen (secondary N) is 1. The van der Waals surface area contributed by atoms with E-state index >= 15 is 0 Å². The Morgan fingerprint density at radius 1 is 1.00 bits per heavy atom. The van der Waals surface area contributed by atoms with Gasteiger partial charge in [-0.3, -0.25) is 10.1 Å². The standard InChI is InChI=1S/C20H21N3O4S2/c1-14-3-7-16(8-4-14)27-13-18(24)21-20-23-22-19(28-20)11-12-29(25,26)17-9-5-15(2)6-10-17/h3-10H,11-13H2,1-2H3,(H,21,23,24). The Bertz CT molecular complexity index is 1080. The van der Waals surface area contributed by atoms with Gasteiger partial charge in [0.25, 0.3) is 5.91 Å². The molecule has 0 aliphatic carbocycles. The molecule has 7 nitrogen and oxygen atoms in total. The molecule has 0 aliphatic heterocycles. The quantitative estimate of drug-likeness (QED) is 0.588. The van der Waals surface area contributed by atoms with Crippen LogP contribution in [0, 0.1) is 13.8 Å². The monoisotopic (exact) mass is 431 g/mol. The van der Waals surface area contributed by atoms with Crippen molar-refractivity contribution in [3.05, 3.63) is 64.7 Å². The minimum atomic E-state index is -3.40. The van der Waals surface area contributed by atoms with Gasteiger partial charge in [0.15, 0.2) is 16.4 Å². The maximum absolute atomic E-state index is 12.4. The molecule has 29 heavy (non-hydrogen) atoms. The maximum Gasteiger partial charge on any atom is 0.264 e. The average Bonchev–Trinajstić information content (AvgIpc) is 3.14. The highest BCUT2D eigenvalue weighted by Crippen LogP contribution is 2.19. The molecule has 9 heteroatoms. The minimum absolute atomic E-state index is 0.0742. The second kappa shape index (κ2) is 9.15. The number of aromatic nitrogens is 2. The normalized spacial score (nSPS) is 11.2. The van der Waals surface area contributed by atoms with E-state index in [-0.39, 0.29) is 29.6 Å². The first-order valence-corrected chi connectivity index (χ1v) is 11.4. The number of nitrogens with zero attached hydrogens (tertiary/aromatic N) is 2. The zero-order chi connectivity index (χ0) is 20.9. The van der Waals surface area contributed by atoms with Crippen LogP contribution in [-0.4, -0.2) is 36.9 Å². The lowest BCUT2D eigenvalue weighted by Crippen LogP contribution is -2.20. The summed E-state index contributed by atoms with van der Waals surface area (Å²) in [5, 5.41) is 11.3. The van der Waals surface area contributed by atoms with Crippen molar-refractivity contribution in [1.29, 1.82) is 0 Å². The fourth-order valence-corrected chi connectivity index (χ4v) is 4.56. The first-order chi connectivity index (χ1) is 13.8. The number of hydrogen-bond acceptors (Lipinski definition) is 7. The molecule has 152 valence electrons. The highest BCUT2D eigenvalue weighted by atomic mass is 32.2. The average molecular weight is 432 g/mol. The third-order valence-electron chi connectivity index (χ3n) is 4.07. The van der Waals surface area contributed by atoms with Crippen LogP contribution in [0.15, 0.2) is 53.4 Å². The van der Waals surface area contributed by atoms with E-state index in [4.69, 9.17) is 4.74 Å². The van der Waals surface area contributed by atoms with Gasteiger partial charge in [0, 0.05) is 6.42 Å². The number of carbonyl (C=O) groups excluding carboxylic acids is 1. The van der Waals surface area contributed by atoms with E-state index in [0.29, 0.717) is 15.9 Å². The SMILES string of the molecule is Cc1ccc(OCC(=O)Nc2nnc(CCS(=O)(=O)c3ccc(C)cc3)s2)cc1. The summed E-state index contributed by atoms with van der Waals surface area (Å²) < 4.78 is 30.2. The molecule has 0 aliphatic rings. The molecule has 0 atom stereocenters. The molecule has 1 aromatic heterocycles. The summed E-state index contributed by atoms with van der Waals surface area (Å²) in [5.41, 5.74) is 2.10. The number of benzene rings is 2. The van der Waals surface area contributed by atoms with Gasteiger partial charge in [-0.05, 0) is 38.1 Å². The maximum atomic E-state index is 12.4. The van der Waals surface area contributed by atoms with Crippen LogP contribution in [0.3, 0.4) is 0 Å². The minimum Gasteiger partial charge on any atom is -0.484 e. The first kappa shape index (κ1) is 20.9. The number of rotatable bonds is 8. The fraction of sp³-hybridized carbons (Fsp3) is 0.250. The molecule has 0 radical (unpaired) electrons. The molecule has 1 amide bonds. The van der Waals surface area contributed by atoms with Crippen molar-refractivity contribution in [2.75, 3.05) is 17.7 Å². The van der Waals surface area contributed by atoms with Crippen molar-refractivity contribution in [3.63, 3.8) is 0 Å². The van der Waals surface area contributed by atoms with E-state index in [1.165, 1.54) is 0 Å². The van der Waals surface area contributed by atoms with Crippen molar-refractivity contribution in [2.24, 2.45) is 0 Å². The van der Waals surface area contributed by atoms with Crippen LogP contribution >= 0.6 is 11.3 Å². The zero-order valence-electron chi connectivity index (χ0n) is 16.1. The Labute approximate surface area is 173 Å². The van der Waals surface area contributed by atoms with Crippen LogP contribution in [0.25, 0.3) is 0 Å².